The van der Waals surface area contributed by atoms with Gasteiger partial charge in [-0.25, -0.2) is 9.97 Å². The molecule has 106 valence electrons. The Hall–Kier alpha value is -1.00. The summed E-state index contributed by atoms with van der Waals surface area (Å²) < 4.78 is 5.97. The fourth-order valence-corrected chi connectivity index (χ4v) is 2.66. The maximum Gasteiger partial charge on any atom is 0.160 e. The lowest BCUT2D eigenvalue weighted by Crippen LogP contribution is -2.29. The zero-order chi connectivity index (χ0) is 13.7. The first-order valence-electron chi connectivity index (χ1n) is 7.35. The van der Waals surface area contributed by atoms with Crippen molar-refractivity contribution >= 4 is 0 Å². The Bertz CT molecular complexity index is 383. The van der Waals surface area contributed by atoms with E-state index in [1.165, 1.54) is 12.8 Å². The molecule has 19 heavy (non-hydrogen) atoms. The standard InChI is InChI=1S/C15H25N3O/c1-4-19-15(7-5-6-8-15)14-17-10-13(11-18-14)9-16-12(2)3/h10-12,16H,4-9H2,1-3H3. The third-order valence-corrected chi connectivity index (χ3v) is 3.66. The van der Waals surface area contributed by atoms with Gasteiger partial charge in [0.05, 0.1) is 0 Å². The molecule has 0 unspecified atom stereocenters. The van der Waals surface area contributed by atoms with Gasteiger partial charge in [0.15, 0.2) is 5.82 Å². The molecule has 4 heteroatoms. The minimum atomic E-state index is -0.223. The summed E-state index contributed by atoms with van der Waals surface area (Å²) in [4.78, 5) is 9.11. The molecule has 0 bridgehead atoms. The Kier molecular flexibility index (Phi) is 4.88. The molecule has 0 aliphatic heterocycles. The summed E-state index contributed by atoms with van der Waals surface area (Å²) >= 11 is 0. The summed E-state index contributed by atoms with van der Waals surface area (Å²) in [6.07, 6.45) is 8.36. The van der Waals surface area contributed by atoms with Crippen molar-refractivity contribution < 1.29 is 4.74 Å². The number of nitrogens with one attached hydrogen (secondary N) is 1. The summed E-state index contributed by atoms with van der Waals surface area (Å²) in [5, 5.41) is 3.37. The van der Waals surface area contributed by atoms with E-state index in [-0.39, 0.29) is 5.60 Å². The highest BCUT2D eigenvalue weighted by Gasteiger charge is 2.38. The van der Waals surface area contributed by atoms with Crippen LogP contribution in [-0.4, -0.2) is 22.6 Å². The van der Waals surface area contributed by atoms with Gasteiger partial charge in [0.1, 0.15) is 5.60 Å². The van der Waals surface area contributed by atoms with Crippen LogP contribution in [0, 0.1) is 0 Å². The van der Waals surface area contributed by atoms with Gasteiger partial charge in [0.2, 0.25) is 0 Å². The molecule has 4 nitrogen and oxygen atoms in total. The lowest BCUT2D eigenvalue weighted by molar-refractivity contribution is -0.0457. The topological polar surface area (TPSA) is 47.0 Å². The fourth-order valence-electron chi connectivity index (χ4n) is 2.66. The van der Waals surface area contributed by atoms with Crippen molar-refractivity contribution in [1.29, 1.82) is 0 Å². The quantitative estimate of drug-likeness (QED) is 0.857. The summed E-state index contributed by atoms with van der Waals surface area (Å²) in [6, 6.07) is 0.476. The van der Waals surface area contributed by atoms with E-state index in [1.54, 1.807) is 0 Å². The fraction of sp³-hybridized carbons (Fsp3) is 0.733. The molecule has 0 radical (unpaired) electrons. The zero-order valence-corrected chi connectivity index (χ0v) is 12.3. The van der Waals surface area contributed by atoms with E-state index in [1.807, 2.05) is 19.3 Å². The number of hydrogen-bond acceptors (Lipinski definition) is 4. The molecule has 0 aromatic carbocycles. The van der Waals surface area contributed by atoms with E-state index in [2.05, 4.69) is 29.1 Å². The average Bonchev–Trinajstić information content (AvgIpc) is 2.87. The summed E-state index contributed by atoms with van der Waals surface area (Å²) in [6.45, 7) is 7.86. The molecule has 0 atom stereocenters. The van der Waals surface area contributed by atoms with Crippen LogP contribution in [0.15, 0.2) is 12.4 Å². The van der Waals surface area contributed by atoms with Gasteiger partial charge in [-0.15, -0.1) is 0 Å². The van der Waals surface area contributed by atoms with E-state index < -0.39 is 0 Å². The van der Waals surface area contributed by atoms with Crippen LogP contribution in [-0.2, 0) is 16.9 Å². The maximum absolute atomic E-state index is 5.97. The van der Waals surface area contributed by atoms with Gasteiger partial charge in [-0.1, -0.05) is 13.8 Å². The minimum Gasteiger partial charge on any atom is -0.367 e. The van der Waals surface area contributed by atoms with Crippen molar-refractivity contribution in [3.05, 3.63) is 23.8 Å². The first-order chi connectivity index (χ1) is 9.16. The molecule has 1 fully saturated rings. The molecule has 1 aliphatic carbocycles. The van der Waals surface area contributed by atoms with Crippen LogP contribution < -0.4 is 5.32 Å². The molecule has 2 rings (SSSR count). The van der Waals surface area contributed by atoms with Gasteiger partial charge in [0.25, 0.3) is 0 Å². The van der Waals surface area contributed by atoms with Crippen LogP contribution in [0.2, 0.25) is 0 Å². The Labute approximate surface area is 116 Å². The lowest BCUT2D eigenvalue weighted by Gasteiger charge is -2.27. The lowest BCUT2D eigenvalue weighted by atomic mass is 10.0. The Balaban J connectivity index is 2.07. The average molecular weight is 263 g/mol. The summed E-state index contributed by atoms with van der Waals surface area (Å²) in [7, 11) is 0. The van der Waals surface area contributed by atoms with Crippen LogP contribution >= 0.6 is 0 Å². The number of ether oxygens (including phenoxy) is 1. The number of nitrogens with zero attached hydrogens (tertiary/aromatic N) is 2. The van der Waals surface area contributed by atoms with Gasteiger partial charge in [-0.2, -0.15) is 0 Å². The largest absolute Gasteiger partial charge is 0.367 e. The number of rotatable bonds is 6. The number of aromatic nitrogens is 2. The van der Waals surface area contributed by atoms with Crippen molar-refractivity contribution in [2.75, 3.05) is 6.61 Å². The van der Waals surface area contributed by atoms with Crippen molar-refractivity contribution in [1.82, 2.24) is 15.3 Å². The smallest absolute Gasteiger partial charge is 0.160 e. The molecule has 0 spiro atoms. The van der Waals surface area contributed by atoms with E-state index in [4.69, 9.17) is 4.74 Å². The monoisotopic (exact) mass is 263 g/mol. The first-order valence-corrected chi connectivity index (χ1v) is 7.35. The molecule has 1 aromatic rings. The van der Waals surface area contributed by atoms with Gasteiger partial charge in [-0.05, 0) is 32.6 Å². The van der Waals surface area contributed by atoms with Crippen LogP contribution in [0.25, 0.3) is 0 Å². The highest BCUT2D eigenvalue weighted by Crippen LogP contribution is 2.40. The van der Waals surface area contributed by atoms with Crippen LogP contribution in [0.1, 0.15) is 57.8 Å². The second-order valence-electron chi connectivity index (χ2n) is 5.58. The van der Waals surface area contributed by atoms with Crippen LogP contribution in [0.5, 0.6) is 0 Å². The highest BCUT2D eigenvalue weighted by molar-refractivity contribution is 5.11. The SMILES string of the molecule is CCOC1(c2ncc(CNC(C)C)cn2)CCCC1. The number of hydrogen-bond donors (Lipinski definition) is 1. The Morgan fingerprint density at radius 1 is 1.26 bits per heavy atom. The van der Waals surface area contributed by atoms with E-state index in [0.29, 0.717) is 6.04 Å². The van der Waals surface area contributed by atoms with E-state index >= 15 is 0 Å². The van der Waals surface area contributed by atoms with Crippen molar-refractivity contribution in [2.45, 2.75) is 64.6 Å². The Morgan fingerprint density at radius 2 is 1.89 bits per heavy atom. The molecule has 0 amide bonds. The minimum absolute atomic E-state index is 0.223. The molecule has 1 aromatic heterocycles. The molecule has 1 N–H and O–H groups in total. The van der Waals surface area contributed by atoms with Crippen LogP contribution in [0.3, 0.4) is 0 Å². The highest BCUT2D eigenvalue weighted by atomic mass is 16.5. The van der Waals surface area contributed by atoms with Gasteiger partial charge >= 0.3 is 0 Å². The second-order valence-corrected chi connectivity index (χ2v) is 5.58. The predicted octanol–water partition coefficient (Wildman–Crippen LogP) is 2.78. The first kappa shape index (κ1) is 14.4. The van der Waals surface area contributed by atoms with E-state index in [0.717, 1.165) is 37.4 Å². The maximum atomic E-state index is 5.97. The summed E-state index contributed by atoms with van der Waals surface area (Å²) in [5.41, 5.74) is 0.903. The molecule has 1 saturated carbocycles. The predicted molar refractivity (Wildman–Crippen MR) is 75.8 cm³/mol. The van der Waals surface area contributed by atoms with Crippen molar-refractivity contribution in [2.24, 2.45) is 0 Å². The Morgan fingerprint density at radius 3 is 2.42 bits per heavy atom. The van der Waals surface area contributed by atoms with Gasteiger partial charge in [-0.3, -0.25) is 0 Å². The van der Waals surface area contributed by atoms with Crippen LogP contribution in [0.4, 0.5) is 0 Å². The summed E-state index contributed by atoms with van der Waals surface area (Å²) in [5.74, 6) is 0.861. The molecule has 0 saturated heterocycles. The third kappa shape index (κ3) is 3.51. The molecule has 1 aliphatic rings. The third-order valence-electron chi connectivity index (χ3n) is 3.66. The molecular weight excluding hydrogens is 238 g/mol. The van der Waals surface area contributed by atoms with Gasteiger partial charge in [0, 0.05) is 37.2 Å². The normalized spacial score (nSPS) is 18.1. The zero-order valence-electron chi connectivity index (χ0n) is 12.3. The van der Waals surface area contributed by atoms with Crippen molar-refractivity contribution in [3.63, 3.8) is 0 Å². The van der Waals surface area contributed by atoms with E-state index in [9.17, 15) is 0 Å². The van der Waals surface area contributed by atoms with Crippen molar-refractivity contribution in [3.8, 4) is 0 Å². The molecule has 1 heterocycles. The van der Waals surface area contributed by atoms with Gasteiger partial charge < -0.3 is 10.1 Å². The second kappa shape index (κ2) is 6.44. The molecular formula is C15H25N3O.